The average Bonchev–Trinajstić information content (AvgIpc) is 2.38. The molecule has 100 valence electrons. The van der Waals surface area contributed by atoms with Crippen LogP contribution in [0, 0.1) is 5.92 Å². The Kier molecular flexibility index (Phi) is 3.63. The molecule has 2 heterocycles. The number of hydrogen-bond acceptors (Lipinski definition) is 3. The predicted molar refractivity (Wildman–Crippen MR) is 64.8 cm³/mol. The van der Waals surface area contributed by atoms with Gasteiger partial charge in [0.2, 0.25) is 0 Å². The molecule has 1 N–H and O–H groups in total. The normalized spacial score (nSPS) is 20.9. The highest BCUT2D eigenvalue weighted by Gasteiger charge is 2.42. The van der Waals surface area contributed by atoms with Gasteiger partial charge in [-0.2, -0.15) is 13.2 Å². The van der Waals surface area contributed by atoms with Gasteiger partial charge >= 0.3 is 6.18 Å². The second-order valence-electron chi connectivity index (χ2n) is 4.46. The number of rotatable bonds is 2. The van der Waals surface area contributed by atoms with E-state index in [1.807, 2.05) is 0 Å². The molecule has 2 rings (SSSR count). The highest BCUT2D eigenvalue weighted by Crippen LogP contribution is 2.34. The van der Waals surface area contributed by atoms with Crippen molar-refractivity contribution in [2.75, 3.05) is 30.4 Å². The maximum atomic E-state index is 12.7. The number of anilines is 2. The van der Waals surface area contributed by atoms with E-state index in [-0.39, 0.29) is 13.0 Å². The molecular formula is C12H16F3N3. The van der Waals surface area contributed by atoms with Crippen LogP contribution in [0.15, 0.2) is 18.2 Å². The molecule has 1 aliphatic rings. The lowest BCUT2D eigenvalue weighted by Crippen LogP contribution is -2.42. The van der Waals surface area contributed by atoms with Crippen molar-refractivity contribution in [2.45, 2.75) is 19.0 Å². The lowest BCUT2D eigenvalue weighted by molar-refractivity contribution is -0.176. The zero-order chi connectivity index (χ0) is 13.2. The van der Waals surface area contributed by atoms with Gasteiger partial charge in [0.1, 0.15) is 11.6 Å². The molecule has 0 spiro atoms. The Balaban J connectivity index is 2.13. The average molecular weight is 259 g/mol. The van der Waals surface area contributed by atoms with Crippen LogP contribution in [0.3, 0.4) is 0 Å². The Hall–Kier alpha value is -1.46. The number of alkyl halides is 3. The summed E-state index contributed by atoms with van der Waals surface area (Å²) in [7, 11) is 1.74. The van der Waals surface area contributed by atoms with Crippen LogP contribution in [0.1, 0.15) is 12.8 Å². The van der Waals surface area contributed by atoms with Crippen molar-refractivity contribution in [3.05, 3.63) is 18.2 Å². The molecule has 1 aliphatic heterocycles. The molecule has 18 heavy (non-hydrogen) atoms. The first-order chi connectivity index (χ1) is 8.50. The quantitative estimate of drug-likeness (QED) is 0.885. The van der Waals surface area contributed by atoms with Gasteiger partial charge in [0.05, 0.1) is 5.92 Å². The van der Waals surface area contributed by atoms with Crippen LogP contribution in [0.5, 0.6) is 0 Å². The van der Waals surface area contributed by atoms with Crippen LogP contribution in [0.25, 0.3) is 0 Å². The van der Waals surface area contributed by atoms with Crippen molar-refractivity contribution < 1.29 is 13.2 Å². The zero-order valence-electron chi connectivity index (χ0n) is 10.2. The number of nitrogens with zero attached hydrogens (tertiary/aromatic N) is 2. The third-order valence-electron chi connectivity index (χ3n) is 3.20. The van der Waals surface area contributed by atoms with E-state index in [4.69, 9.17) is 0 Å². The second kappa shape index (κ2) is 5.04. The first-order valence-corrected chi connectivity index (χ1v) is 5.97. The minimum Gasteiger partial charge on any atom is -0.373 e. The van der Waals surface area contributed by atoms with E-state index < -0.39 is 12.1 Å². The van der Waals surface area contributed by atoms with E-state index in [0.717, 1.165) is 0 Å². The SMILES string of the molecule is CNc1cccc(N2CCCC(C(F)(F)F)C2)n1. The summed E-state index contributed by atoms with van der Waals surface area (Å²) in [5.74, 6) is 0.0312. The fraction of sp³-hybridized carbons (Fsp3) is 0.583. The van der Waals surface area contributed by atoms with Crippen molar-refractivity contribution in [2.24, 2.45) is 5.92 Å². The largest absolute Gasteiger partial charge is 0.393 e. The Labute approximate surface area is 104 Å². The van der Waals surface area contributed by atoms with Gasteiger partial charge in [-0.15, -0.1) is 0 Å². The van der Waals surface area contributed by atoms with Gasteiger partial charge in [-0.3, -0.25) is 0 Å². The highest BCUT2D eigenvalue weighted by atomic mass is 19.4. The molecule has 1 atom stereocenters. The molecule has 1 fully saturated rings. The highest BCUT2D eigenvalue weighted by molar-refractivity contribution is 5.47. The Morgan fingerprint density at radius 2 is 2.17 bits per heavy atom. The van der Waals surface area contributed by atoms with Crippen LogP contribution in [-0.4, -0.2) is 31.3 Å². The van der Waals surface area contributed by atoms with Crippen LogP contribution >= 0.6 is 0 Å². The third kappa shape index (κ3) is 2.86. The molecule has 0 amide bonds. The summed E-state index contributed by atoms with van der Waals surface area (Å²) >= 11 is 0. The topological polar surface area (TPSA) is 28.2 Å². The number of nitrogens with one attached hydrogen (secondary N) is 1. The third-order valence-corrected chi connectivity index (χ3v) is 3.20. The summed E-state index contributed by atoms with van der Waals surface area (Å²) in [5, 5.41) is 2.89. The Morgan fingerprint density at radius 1 is 1.39 bits per heavy atom. The Morgan fingerprint density at radius 3 is 2.83 bits per heavy atom. The van der Waals surface area contributed by atoms with Crippen molar-refractivity contribution >= 4 is 11.6 Å². The van der Waals surface area contributed by atoms with E-state index in [9.17, 15) is 13.2 Å². The van der Waals surface area contributed by atoms with Crippen LogP contribution in [0.4, 0.5) is 24.8 Å². The maximum absolute atomic E-state index is 12.7. The lowest BCUT2D eigenvalue weighted by Gasteiger charge is -2.34. The molecule has 6 heteroatoms. The summed E-state index contributed by atoms with van der Waals surface area (Å²) in [6.07, 6.45) is -3.35. The van der Waals surface area contributed by atoms with Gasteiger partial charge in [-0.1, -0.05) is 6.07 Å². The van der Waals surface area contributed by atoms with Crippen LogP contribution in [0.2, 0.25) is 0 Å². The van der Waals surface area contributed by atoms with Gasteiger partial charge in [-0.25, -0.2) is 4.98 Å². The first-order valence-electron chi connectivity index (χ1n) is 5.97. The van der Waals surface area contributed by atoms with E-state index >= 15 is 0 Å². The fourth-order valence-electron chi connectivity index (χ4n) is 2.19. The molecule has 0 aromatic carbocycles. The number of pyridine rings is 1. The van der Waals surface area contributed by atoms with Crippen LogP contribution in [-0.2, 0) is 0 Å². The molecule has 1 aromatic rings. The standard InChI is InChI=1S/C12H16F3N3/c1-16-10-5-2-6-11(17-10)18-7-3-4-9(8-18)12(13,14)15/h2,5-6,9H,3-4,7-8H2,1H3,(H,16,17). The monoisotopic (exact) mass is 259 g/mol. The van der Waals surface area contributed by atoms with E-state index in [0.29, 0.717) is 24.6 Å². The van der Waals surface area contributed by atoms with E-state index in [1.54, 1.807) is 30.1 Å². The molecule has 1 unspecified atom stereocenters. The number of aromatic nitrogens is 1. The smallest absolute Gasteiger partial charge is 0.373 e. The molecule has 0 radical (unpaired) electrons. The van der Waals surface area contributed by atoms with E-state index in [2.05, 4.69) is 10.3 Å². The zero-order valence-corrected chi connectivity index (χ0v) is 10.2. The molecule has 0 saturated carbocycles. The summed E-state index contributed by atoms with van der Waals surface area (Å²) in [6.45, 7) is 0.635. The predicted octanol–water partition coefficient (Wildman–Crippen LogP) is 2.90. The molecule has 0 aliphatic carbocycles. The van der Waals surface area contributed by atoms with Gasteiger partial charge in [-0.05, 0) is 25.0 Å². The molecule has 3 nitrogen and oxygen atoms in total. The molecular weight excluding hydrogens is 243 g/mol. The molecule has 1 aromatic heterocycles. The summed E-state index contributed by atoms with van der Waals surface area (Å²) < 4.78 is 38.1. The van der Waals surface area contributed by atoms with Gasteiger partial charge in [0, 0.05) is 20.1 Å². The minimum absolute atomic E-state index is 0.00364. The molecule has 1 saturated heterocycles. The van der Waals surface area contributed by atoms with Gasteiger partial charge in [0.25, 0.3) is 0 Å². The summed E-state index contributed by atoms with van der Waals surface area (Å²) in [4.78, 5) is 5.99. The van der Waals surface area contributed by atoms with E-state index in [1.165, 1.54) is 0 Å². The maximum Gasteiger partial charge on any atom is 0.393 e. The number of halogens is 3. The molecule has 0 bridgehead atoms. The van der Waals surface area contributed by atoms with Crippen LogP contribution < -0.4 is 10.2 Å². The fourth-order valence-corrected chi connectivity index (χ4v) is 2.19. The summed E-state index contributed by atoms with van der Waals surface area (Å²) in [6, 6.07) is 5.33. The summed E-state index contributed by atoms with van der Waals surface area (Å²) in [5.41, 5.74) is 0. The lowest BCUT2D eigenvalue weighted by atomic mass is 9.97. The van der Waals surface area contributed by atoms with Crippen molar-refractivity contribution in [1.29, 1.82) is 0 Å². The number of hydrogen-bond donors (Lipinski definition) is 1. The van der Waals surface area contributed by atoms with Crippen molar-refractivity contribution in [3.63, 3.8) is 0 Å². The second-order valence-corrected chi connectivity index (χ2v) is 4.46. The first kappa shape index (κ1) is 13.0. The minimum atomic E-state index is -4.11. The van der Waals surface area contributed by atoms with Crippen molar-refractivity contribution in [3.8, 4) is 0 Å². The van der Waals surface area contributed by atoms with Gasteiger partial charge in [0.15, 0.2) is 0 Å². The van der Waals surface area contributed by atoms with Gasteiger partial charge < -0.3 is 10.2 Å². The van der Waals surface area contributed by atoms with Crippen molar-refractivity contribution in [1.82, 2.24) is 4.98 Å². The number of piperidine rings is 1. The Bertz CT molecular complexity index is 406.